The maximum atomic E-state index is 13.0. The Labute approximate surface area is 190 Å². The first-order valence-electron chi connectivity index (χ1n) is 12.2. The number of ether oxygens (including phenoxy) is 3. The minimum Gasteiger partial charge on any atom is -0.469 e. The van der Waals surface area contributed by atoms with Crippen LogP contribution in [0.3, 0.4) is 0 Å². The van der Waals surface area contributed by atoms with E-state index in [9.17, 15) is 19.5 Å². The summed E-state index contributed by atoms with van der Waals surface area (Å²) in [6, 6.07) is 0. The maximum Gasteiger partial charge on any atom is 0.310 e. The van der Waals surface area contributed by atoms with Crippen LogP contribution in [-0.4, -0.2) is 48.9 Å². The smallest absolute Gasteiger partial charge is 0.310 e. The minimum absolute atomic E-state index is 0.00643. The zero-order valence-corrected chi connectivity index (χ0v) is 20.0. The number of aliphatic hydroxyl groups excluding tert-OH is 1. The average molecular weight is 451 g/mol. The van der Waals surface area contributed by atoms with Crippen molar-refractivity contribution in [3.8, 4) is 0 Å². The maximum absolute atomic E-state index is 13.0. The fourth-order valence-corrected chi connectivity index (χ4v) is 8.43. The van der Waals surface area contributed by atoms with Gasteiger partial charge < -0.3 is 19.3 Å². The van der Waals surface area contributed by atoms with Gasteiger partial charge in [-0.25, -0.2) is 0 Å². The molecule has 3 saturated carbocycles. The van der Waals surface area contributed by atoms with Crippen molar-refractivity contribution in [2.75, 3.05) is 13.7 Å². The highest BCUT2D eigenvalue weighted by atomic mass is 16.6. The zero-order chi connectivity index (χ0) is 23.5. The Balaban J connectivity index is 1.86. The predicted octanol–water partition coefficient (Wildman–Crippen LogP) is 3.26. The van der Waals surface area contributed by atoms with E-state index >= 15 is 0 Å². The van der Waals surface area contributed by atoms with Crippen molar-refractivity contribution >= 4 is 17.9 Å². The van der Waals surface area contributed by atoms with Crippen LogP contribution in [0.25, 0.3) is 0 Å². The molecule has 0 aromatic rings. The third kappa shape index (κ3) is 3.13. The molecule has 32 heavy (non-hydrogen) atoms. The van der Waals surface area contributed by atoms with Gasteiger partial charge in [0.15, 0.2) is 0 Å². The van der Waals surface area contributed by atoms with Crippen molar-refractivity contribution in [1.82, 2.24) is 0 Å². The molecule has 1 N–H and O–H groups in total. The van der Waals surface area contributed by atoms with E-state index in [0.29, 0.717) is 19.3 Å². The van der Waals surface area contributed by atoms with Crippen molar-refractivity contribution in [2.24, 2.45) is 39.9 Å². The van der Waals surface area contributed by atoms with Crippen LogP contribution >= 0.6 is 0 Å². The molecule has 4 aliphatic rings. The largest absolute Gasteiger partial charge is 0.469 e. The van der Waals surface area contributed by atoms with Gasteiger partial charge in [-0.05, 0) is 48.9 Å². The third-order valence-corrected chi connectivity index (χ3v) is 9.42. The molecule has 0 bridgehead atoms. The lowest BCUT2D eigenvalue weighted by Gasteiger charge is -2.67. The number of methoxy groups -OCH3 is 1. The molecule has 180 valence electrons. The summed E-state index contributed by atoms with van der Waals surface area (Å²) in [6.07, 6.45) is 3.35. The molecular formula is C25H38O7. The summed E-state index contributed by atoms with van der Waals surface area (Å²) in [6.45, 7) is 8.63. The van der Waals surface area contributed by atoms with Gasteiger partial charge in [-0.1, -0.05) is 34.1 Å². The molecule has 7 heteroatoms. The second-order valence-corrected chi connectivity index (χ2v) is 11.4. The molecule has 1 aliphatic heterocycles. The Kier molecular flexibility index (Phi) is 5.88. The van der Waals surface area contributed by atoms with Crippen molar-refractivity contribution in [3.05, 3.63) is 0 Å². The average Bonchev–Trinajstić information content (AvgIpc) is 3.08. The summed E-state index contributed by atoms with van der Waals surface area (Å²) >= 11 is 0. The molecular weight excluding hydrogens is 412 g/mol. The van der Waals surface area contributed by atoms with E-state index in [4.69, 9.17) is 14.2 Å². The van der Waals surface area contributed by atoms with Gasteiger partial charge in [0.05, 0.1) is 24.4 Å². The van der Waals surface area contributed by atoms with Gasteiger partial charge in [0.2, 0.25) is 0 Å². The van der Waals surface area contributed by atoms with E-state index < -0.39 is 41.4 Å². The van der Waals surface area contributed by atoms with Crippen LogP contribution < -0.4 is 0 Å². The molecule has 0 radical (unpaired) electrons. The molecule has 0 unspecified atom stereocenters. The quantitative estimate of drug-likeness (QED) is 0.518. The summed E-state index contributed by atoms with van der Waals surface area (Å²) in [4.78, 5) is 38.3. The molecule has 0 amide bonds. The van der Waals surface area contributed by atoms with E-state index in [1.54, 1.807) is 0 Å². The Morgan fingerprint density at radius 2 is 1.91 bits per heavy atom. The van der Waals surface area contributed by atoms with E-state index in [1.807, 2.05) is 6.92 Å². The SMILES string of the molecule is CCCC(=O)O[C@H]1[C@@H](O)[C@@]23COC(=O)[C@@H]2[C@H](C(=O)OC)CC[C@@H]3[C@@]2(C)CCCC(C)(C)[C@H]12. The number of carbonyl (C=O) groups is 3. The molecule has 4 rings (SSSR count). The first kappa shape index (κ1) is 23.5. The van der Waals surface area contributed by atoms with Gasteiger partial charge in [0.1, 0.15) is 18.8 Å². The molecule has 4 fully saturated rings. The van der Waals surface area contributed by atoms with Crippen LogP contribution in [0.4, 0.5) is 0 Å². The summed E-state index contributed by atoms with van der Waals surface area (Å²) in [5.74, 6) is -2.68. The van der Waals surface area contributed by atoms with Crippen LogP contribution in [0, 0.1) is 39.9 Å². The highest BCUT2D eigenvalue weighted by Crippen LogP contribution is 2.71. The van der Waals surface area contributed by atoms with Gasteiger partial charge in [0, 0.05) is 12.3 Å². The molecule has 0 aromatic carbocycles. The molecule has 7 nitrogen and oxygen atoms in total. The highest BCUT2D eigenvalue weighted by Gasteiger charge is 2.75. The number of fused-ring (bicyclic) bond motifs is 2. The molecule has 1 saturated heterocycles. The van der Waals surface area contributed by atoms with Gasteiger partial charge in [-0.3, -0.25) is 14.4 Å². The van der Waals surface area contributed by atoms with Gasteiger partial charge in [-0.15, -0.1) is 0 Å². The standard InChI is InChI=1S/C25H38O7/c1-6-8-16(26)32-18-19-23(2,3)11-7-12-24(19,4)15-10-9-14(21(28)30-5)17-22(29)31-13-25(15,17)20(18)27/h14-15,17-20,27H,6-13H2,1-5H3/t14-,15-,17+,18-,19+,20-,24-,25-/m1/s1. The van der Waals surface area contributed by atoms with Gasteiger partial charge in [0.25, 0.3) is 0 Å². The third-order valence-electron chi connectivity index (χ3n) is 9.42. The number of hydrogen-bond donors (Lipinski definition) is 1. The number of hydrogen-bond acceptors (Lipinski definition) is 7. The molecule has 1 spiro atoms. The van der Waals surface area contributed by atoms with E-state index in [2.05, 4.69) is 20.8 Å². The van der Waals surface area contributed by atoms with Crippen molar-refractivity contribution in [1.29, 1.82) is 0 Å². The molecule has 1 heterocycles. The predicted molar refractivity (Wildman–Crippen MR) is 115 cm³/mol. The Morgan fingerprint density at radius 3 is 2.56 bits per heavy atom. The molecule has 3 aliphatic carbocycles. The van der Waals surface area contributed by atoms with Gasteiger partial charge >= 0.3 is 17.9 Å². The minimum atomic E-state index is -1.08. The summed E-state index contributed by atoms with van der Waals surface area (Å²) in [7, 11) is 1.33. The van der Waals surface area contributed by atoms with E-state index in [0.717, 1.165) is 19.3 Å². The fraction of sp³-hybridized carbons (Fsp3) is 0.880. The summed E-state index contributed by atoms with van der Waals surface area (Å²) < 4.78 is 16.7. The first-order valence-corrected chi connectivity index (χ1v) is 12.2. The number of cyclic esters (lactones) is 1. The van der Waals surface area contributed by atoms with Crippen LogP contribution in [0.2, 0.25) is 0 Å². The van der Waals surface area contributed by atoms with E-state index in [-0.39, 0.29) is 41.7 Å². The Morgan fingerprint density at radius 1 is 1.19 bits per heavy atom. The monoisotopic (exact) mass is 450 g/mol. The van der Waals surface area contributed by atoms with Gasteiger partial charge in [-0.2, -0.15) is 0 Å². The van der Waals surface area contributed by atoms with E-state index in [1.165, 1.54) is 7.11 Å². The van der Waals surface area contributed by atoms with Crippen molar-refractivity contribution in [2.45, 2.75) is 84.8 Å². The van der Waals surface area contributed by atoms with Crippen LogP contribution in [0.1, 0.15) is 72.6 Å². The summed E-state index contributed by atoms with van der Waals surface area (Å²) in [5.41, 5.74) is -1.33. The Bertz CT molecular complexity index is 791. The normalized spacial score (nSPS) is 44.5. The van der Waals surface area contributed by atoms with Crippen LogP contribution in [0.5, 0.6) is 0 Å². The number of carbonyl (C=O) groups excluding carboxylic acids is 3. The lowest BCUT2D eigenvalue weighted by atomic mass is 9.37. The molecule has 8 atom stereocenters. The van der Waals surface area contributed by atoms with Crippen LogP contribution in [0.15, 0.2) is 0 Å². The lowest BCUT2D eigenvalue weighted by molar-refractivity contribution is -0.273. The molecule has 0 aromatic heterocycles. The fourth-order valence-electron chi connectivity index (χ4n) is 8.43. The first-order chi connectivity index (χ1) is 15.0. The lowest BCUT2D eigenvalue weighted by Crippen LogP contribution is -2.72. The highest BCUT2D eigenvalue weighted by molar-refractivity contribution is 5.85. The van der Waals surface area contributed by atoms with Crippen molar-refractivity contribution < 1.29 is 33.7 Å². The zero-order valence-electron chi connectivity index (χ0n) is 20.0. The second kappa shape index (κ2) is 8.00. The van der Waals surface area contributed by atoms with Crippen LogP contribution in [-0.2, 0) is 28.6 Å². The van der Waals surface area contributed by atoms with Crippen molar-refractivity contribution in [3.63, 3.8) is 0 Å². The number of rotatable bonds is 4. The topological polar surface area (TPSA) is 99.1 Å². The summed E-state index contributed by atoms with van der Waals surface area (Å²) in [5, 5.41) is 12.0. The number of aliphatic hydroxyl groups is 1. The second-order valence-electron chi connectivity index (χ2n) is 11.4. The Hall–Kier alpha value is -1.63. The number of esters is 3.